The molecule has 0 aromatic heterocycles. The van der Waals surface area contributed by atoms with Gasteiger partial charge in [-0.05, 0) is 30.2 Å². The number of nitrogens with one attached hydrogen (secondary N) is 1. The molecule has 6 rings (SSSR count). The quantitative estimate of drug-likeness (QED) is 0.118. The van der Waals surface area contributed by atoms with E-state index < -0.39 is 195 Å². The van der Waals surface area contributed by atoms with Gasteiger partial charge in [-0.3, -0.25) is 0 Å². The van der Waals surface area contributed by atoms with Crippen molar-refractivity contribution in [3.05, 3.63) is 117 Å². The summed E-state index contributed by atoms with van der Waals surface area (Å²) in [5, 5.41) is 0. The van der Waals surface area contributed by atoms with E-state index in [1.54, 1.807) is 4.90 Å². The van der Waals surface area contributed by atoms with Gasteiger partial charge in [0, 0.05) is 12.8 Å². The van der Waals surface area contributed by atoms with Gasteiger partial charge in [-0.1, -0.05) is 54.5 Å². The van der Waals surface area contributed by atoms with Gasteiger partial charge >= 0.3 is 49.4 Å². The summed E-state index contributed by atoms with van der Waals surface area (Å²) in [6.45, 7) is 0. The van der Waals surface area contributed by atoms with Crippen LogP contribution in [-0.2, 0) is 49.4 Å². The first-order valence-corrected chi connectivity index (χ1v) is 18.3. The second-order valence-electron chi connectivity index (χ2n) is 15.3. The van der Waals surface area contributed by atoms with Crippen LogP contribution in [0, 0.1) is 11.8 Å². The lowest BCUT2D eigenvalue weighted by Gasteiger charge is -2.46. The molecule has 1 unspecified atom stereocenters. The van der Waals surface area contributed by atoms with Crippen LogP contribution in [0.5, 0.6) is 0 Å². The standard InChI is InChI=1S/C32H12BF24.C8H11N/c34-25(35,36)13-1-14(26(37,38)39)6-21(5-13)33(22-7-15(27(40,41)42)2-16(8-22)28(43,44)45,23-9-17(29(46,47)48)3-18(10-23)30(49,50)51)24-11-19(31(52,53)54)4-20(12-24)32(55,56)57;1-9-7-3-2-4-8(9)6-5-7/h1-12H;7-8H,3,5-6H2,1H3/q-1;/p+1/t;7-,8+/m.1/s1. The number of halogens is 24. The lowest BCUT2D eigenvalue weighted by atomic mass is 9.12. The Balaban J connectivity index is 0.000000798. The van der Waals surface area contributed by atoms with Crippen molar-refractivity contribution in [2.45, 2.75) is 80.8 Å². The van der Waals surface area contributed by atoms with Crippen molar-refractivity contribution < 1.29 is 110 Å². The number of hydrogen-bond donors (Lipinski definition) is 1. The molecule has 0 saturated carbocycles. The molecule has 66 heavy (non-hydrogen) atoms. The van der Waals surface area contributed by atoms with Crippen molar-refractivity contribution >= 4 is 28.0 Å². The van der Waals surface area contributed by atoms with Crippen LogP contribution in [-0.4, -0.2) is 25.3 Å². The fourth-order valence-electron chi connectivity index (χ4n) is 7.93. The number of hydrogen-bond acceptors (Lipinski definition) is 0. The Bertz CT molecular complexity index is 2070. The fraction of sp³-hybridized carbons (Fsp3) is 0.350. The minimum Gasteiger partial charge on any atom is -0.322 e. The van der Waals surface area contributed by atoms with E-state index in [-0.39, 0.29) is 0 Å². The molecule has 2 bridgehead atoms. The molecule has 0 radical (unpaired) electrons. The van der Waals surface area contributed by atoms with Gasteiger partial charge in [-0.15, -0.1) is 0 Å². The molecule has 0 aliphatic carbocycles. The van der Waals surface area contributed by atoms with E-state index in [1.807, 2.05) is 0 Å². The highest BCUT2D eigenvalue weighted by Crippen LogP contribution is 2.41. The molecule has 0 spiro atoms. The Morgan fingerprint density at radius 1 is 0.364 bits per heavy atom. The summed E-state index contributed by atoms with van der Waals surface area (Å²) in [6, 6.07) is -7.25. The third-order valence-corrected chi connectivity index (χ3v) is 11.1. The average molecular weight is 985 g/mol. The van der Waals surface area contributed by atoms with Crippen LogP contribution >= 0.6 is 0 Å². The molecule has 1 nitrogen and oxygen atoms in total. The number of rotatable bonds is 4. The van der Waals surface area contributed by atoms with Crippen molar-refractivity contribution in [1.82, 2.24) is 0 Å². The second-order valence-corrected chi connectivity index (χ2v) is 15.3. The van der Waals surface area contributed by atoms with Gasteiger partial charge in [0.1, 0.15) is 12.2 Å². The highest BCUT2D eigenvalue weighted by Gasteiger charge is 2.47. The van der Waals surface area contributed by atoms with Gasteiger partial charge in [-0.2, -0.15) is 127 Å². The van der Waals surface area contributed by atoms with Crippen LogP contribution in [0.25, 0.3) is 0 Å². The normalized spacial score (nSPS) is 18.7. The van der Waals surface area contributed by atoms with Crippen molar-refractivity contribution in [1.29, 1.82) is 0 Å². The largest absolute Gasteiger partial charge is 0.416 e. The summed E-state index contributed by atoms with van der Waals surface area (Å²) in [5.41, 5.74) is -30.2. The molecule has 4 aromatic carbocycles. The van der Waals surface area contributed by atoms with Crippen LogP contribution in [0.1, 0.15) is 63.8 Å². The highest BCUT2D eigenvalue weighted by atomic mass is 19.4. The summed E-state index contributed by atoms with van der Waals surface area (Å²) in [5.74, 6) is 6.48. The van der Waals surface area contributed by atoms with Crippen LogP contribution in [0.2, 0.25) is 0 Å². The lowest BCUT2D eigenvalue weighted by Crippen LogP contribution is -3.14. The smallest absolute Gasteiger partial charge is 0.322 e. The zero-order valence-corrected chi connectivity index (χ0v) is 32.4. The predicted molar refractivity (Wildman–Crippen MR) is 186 cm³/mol. The van der Waals surface area contributed by atoms with Crippen molar-refractivity contribution in [2.75, 3.05) is 7.05 Å². The summed E-state index contributed by atoms with van der Waals surface area (Å²) in [6.07, 6.45) is -50.9. The summed E-state index contributed by atoms with van der Waals surface area (Å²) in [4.78, 5) is 1.66. The Labute approximate surface area is 355 Å². The highest BCUT2D eigenvalue weighted by molar-refractivity contribution is 7.20. The molecular weight excluding hydrogens is 961 g/mol. The molecule has 26 heteroatoms. The summed E-state index contributed by atoms with van der Waals surface area (Å²) >= 11 is 0. The molecule has 0 amide bonds. The SMILES string of the molecule is C[NH+]1[C@@H]2CC#C[C@H]1CC2.FC(F)(F)c1cc([B-](c2cc(C(F)(F)F)cc(C(F)(F)F)c2)(c2cc(C(F)(F)F)cc(C(F)(F)F)c2)c2cc(C(F)(F)F)cc(C(F)(F)F)c2)cc(C(F)(F)F)c1. The van der Waals surface area contributed by atoms with Gasteiger partial charge in [0.25, 0.3) is 0 Å². The molecule has 1 N–H and O–H groups in total. The molecular formula is C40H24BF24N. The van der Waals surface area contributed by atoms with Gasteiger partial charge < -0.3 is 4.90 Å². The third kappa shape index (κ3) is 11.0. The van der Waals surface area contributed by atoms with Gasteiger partial charge in [0.2, 0.25) is 0 Å². The maximum Gasteiger partial charge on any atom is 0.416 e. The number of quaternary nitrogens is 1. The van der Waals surface area contributed by atoms with Crippen LogP contribution in [0.3, 0.4) is 0 Å². The predicted octanol–water partition coefficient (Wildman–Crippen LogP) is 10.7. The van der Waals surface area contributed by atoms with Crippen molar-refractivity contribution in [3.8, 4) is 11.8 Å². The Hall–Kier alpha value is -5.22. The van der Waals surface area contributed by atoms with Crippen molar-refractivity contribution in [2.24, 2.45) is 0 Å². The second kappa shape index (κ2) is 16.8. The molecule has 1 fully saturated rings. The minimum atomic E-state index is -6.13. The van der Waals surface area contributed by atoms with E-state index in [0.717, 1.165) is 12.5 Å². The molecule has 3 atom stereocenters. The third-order valence-electron chi connectivity index (χ3n) is 11.1. The first kappa shape index (κ1) is 51.8. The van der Waals surface area contributed by atoms with Crippen LogP contribution in [0.15, 0.2) is 72.8 Å². The van der Waals surface area contributed by atoms with E-state index in [0.29, 0.717) is 6.04 Å². The van der Waals surface area contributed by atoms with Gasteiger partial charge in [0.05, 0.1) is 64.0 Å². The maximum atomic E-state index is 14.2. The van der Waals surface area contributed by atoms with Gasteiger partial charge in [-0.25, -0.2) is 0 Å². The maximum absolute atomic E-state index is 14.2. The van der Waals surface area contributed by atoms with E-state index in [2.05, 4.69) is 18.9 Å². The topological polar surface area (TPSA) is 4.44 Å². The number of alkyl halides is 24. The minimum absolute atomic E-state index is 0.684. The van der Waals surface area contributed by atoms with E-state index >= 15 is 0 Å². The first-order valence-electron chi connectivity index (χ1n) is 18.3. The van der Waals surface area contributed by atoms with Crippen LogP contribution < -0.4 is 26.8 Å². The summed E-state index contributed by atoms with van der Waals surface area (Å²) in [7, 11) is 2.27. The first-order chi connectivity index (χ1) is 29.6. The molecule has 4 aromatic rings. The molecule has 2 aliphatic rings. The van der Waals surface area contributed by atoms with Crippen molar-refractivity contribution in [3.63, 3.8) is 0 Å². The Kier molecular flexibility index (Phi) is 13.2. The number of fused-ring (bicyclic) bond motifs is 2. The molecule has 360 valence electrons. The van der Waals surface area contributed by atoms with E-state index in [4.69, 9.17) is 0 Å². The molecule has 2 heterocycles. The fourth-order valence-corrected chi connectivity index (χ4v) is 7.93. The summed E-state index contributed by atoms with van der Waals surface area (Å²) < 4.78 is 341. The zero-order valence-electron chi connectivity index (χ0n) is 32.4. The lowest BCUT2D eigenvalue weighted by molar-refractivity contribution is -0.909. The van der Waals surface area contributed by atoms with E-state index in [9.17, 15) is 105 Å². The zero-order chi connectivity index (χ0) is 50.2. The van der Waals surface area contributed by atoms with Gasteiger partial charge in [0.15, 0.2) is 0 Å². The molecule has 2 aliphatic heterocycles. The average Bonchev–Trinajstić information content (AvgIpc) is 3.32. The Morgan fingerprint density at radius 3 is 0.742 bits per heavy atom. The molecule has 1 saturated heterocycles. The Morgan fingerprint density at radius 2 is 0.576 bits per heavy atom. The van der Waals surface area contributed by atoms with E-state index in [1.165, 1.54) is 12.8 Å². The number of benzene rings is 4. The van der Waals surface area contributed by atoms with Crippen LogP contribution in [0.4, 0.5) is 105 Å². The monoisotopic (exact) mass is 985 g/mol.